The van der Waals surface area contributed by atoms with Crippen LogP contribution in [-0.4, -0.2) is 24.9 Å². The second-order valence-corrected chi connectivity index (χ2v) is 15.1. The topological polar surface area (TPSA) is 82.0 Å². The summed E-state index contributed by atoms with van der Waals surface area (Å²) >= 11 is 0. The van der Waals surface area contributed by atoms with E-state index in [2.05, 4.69) is 77.6 Å². The first-order valence-electron chi connectivity index (χ1n) is 20.0. The first-order valence-corrected chi connectivity index (χ1v) is 20.0. The van der Waals surface area contributed by atoms with Gasteiger partial charge in [0.2, 0.25) is 0 Å². The van der Waals surface area contributed by atoms with Crippen LogP contribution in [0.2, 0.25) is 0 Å². The molecule has 0 N–H and O–H groups in total. The van der Waals surface area contributed by atoms with Crippen LogP contribution in [0, 0.1) is 6.57 Å². The molecule has 282 valence electrons. The summed E-state index contributed by atoms with van der Waals surface area (Å²) in [5, 5.41) is 8.28. The normalized spacial score (nSPS) is 11.6. The third-order valence-corrected chi connectivity index (χ3v) is 11.6. The van der Waals surface area contributed by atoms with Gasteiger partial charge in [0, 0.05) is 61.8 Å². The van der Waals surface area contributed by atoms with Crippen molar-refractivity contribution in [3.63, 3.8) is 0 Å². The molecule has 0 bridgehead atoms. The number of rotatable bonds is 5. The fourth-order valence-corrected chi connectivity index (χ4v) is 8.78. The van der Waals surface area contributed by atoms with Crippen LogP contribution in [0.15, 0.2) is 187 Å². The van der Waals surface area contributed by atoms with E-state index >= 15 is 0 Å². The molecule has 4 heterocycles. The van der Waals surface area contributed by atoms with Crippen molar-refractivity contribution in [3.05, 3.63) is 194 Å². The molecule has 7 heteroatoms. The van der Waals surface area contributed by atoms with E-state index in [1.54, 1.807) is 0 Å². The Balaban J connectivity index is 1.04. The highest BCUT2D eigenvalue weighted by Crippen LogP contribution is 2.44. The molecule has 0 saturated carbocycles. The fraction of sp³-hybridized carbons (Fsp3) is 0. The zero-order valence-electron chi connectivity index (χ0n) is 32.4. The molecular weight excluding hydrogens is 749 g/mol. The van der Waals surface area contributed by atoms with Crippen molar-refractivity contribution in [3.8, 4) is 56.4 Å². The molecular formula is C54H30N6O. The first-order chi connectivity index (χ1) is 30.2. The minimum absolute atomic E-state index is 0.556. The highest BCUT2D eigenvalue weighted by atomic mass is 16.3. The van der Waals surface area contributed by atoms with E-state index in [1.165, 1.54) is 0 Å². The van der Waals surface area contributed by atoms with Crippen LogP contribution < -0.4 is 0 Å². The first kappa shape index (κ1) is 34.4. The molecule has 0 aliphatic rings. The zero-order chi connectivity index (χ0) is 40.4. The molecule has 0 saturated heterocycles. The quantitative estimate of drug-likeness (QED) is 0.128. The maximum absolute atomic E-state index is 7.81. The van der Waals surface area contributed by atoms with Gasteiger partial charge in [0.05, 0.1) is 17.6 Å². The molecule has 0 fully saturated rings. The van der Waals surface area contributed by atoms with E-state index in [0.29, 0.717) is 23.2 Å². The van der Waals surface area contributed by atoms with Gasteiger partial charge in [0.25, 0.3) is 0 Å². The monoisotopic (exact) mass is 778 g/mol. The Morgan fingerprint density at radius 2 is 0.934 bits per heavy atom. The molecule has 8 aromatic carbocycles. The molecule has 0 spiro atoms. The van der Waals surface area contributed by atoms with Crippen molar-refractivity contribution in [1.82, 2.24) is 24.9 Å². The van der Waals surface area contributed by atoms with Crippen LogP contribution in [0.4, 0.5) is 5.69 Å². The molecule has 0 unspecified atom stereocenters. The molecule has 0 amide bonds. The third-order valence-electron chi connectivity index (χ3n) is 11.6. The van der Waals surface area contributed by atoms with Gasteiger partial charge < -0.3 is 4.42 Å². The van der Waals surface area contributed by atoms with E-state index in [1.807, 2.05) is 109 Å². The van der Waals surface area contributed by atoms with Gasteiger partial charge in [0.15, 0.2) is 23.2 Å². The Bertz CT molecular complexity index is 3790. The average molecular weight is 779 g/mol. The molecule has 12 aromatic rings. The number of para-hydroxylation sites is 1. The molecule has 0 atom stereocenters. The lowest BCUT2D eigenvalue weighted by atomic mass is 9.89. The van der Waals surface area contributed by atoms with Crippen LogP contribution in [-0.2, 0) is 0 Å². The number of fused-ring (bicyclic) bond motifs is 9. The number of benzene rings is 8. The second-order valence-electron chi connectivity index (χ2n) is 15.1. The Kier molecular flexibility index (Phi) is 7.77. The van der Waals surface area contributed by atoms with Crippen LogP contribution >= 0.6 is 0 Å². The van der Waals surface area contributed by atoms with Crippen molar-refractivity contribution in [2.45, 2.75) is 0 Å². The lowest BCUT2D eigenvalue weighted by Crippen LogP contribution is -2.00. The molecule has 7 nitrogen and oxygen atoms in total. The average Bonchev–Trinajstić information content (AvgIpc) is 3.71. The Morgan fingerprint density at radius 3 is 1.69 bits per heavy atom. The summed E-state index contributed by atoms with van der Waals surface area (Å²) < 4.78 is 6.27. The van der Waals surface area contributed by atoms with Gasteiger partial charge in [-0.1, -0.05) is 121 Å². The standard InChI is InChI=1S/C54H30N6O/c1-55-47-25-24-37(36-16-5-6-17-38(36)47)46-31-45-41-19-10-26-56-50(41)43(30-44(45)42-20-11-27-57-51(42)46)33-14-9-15-34(28-33)53-58-52(32-12-3-2-4-13-32)59-54(60-53)35-22-23-40-39-18-7-8-21-48(39)61-49(40)29-35/h2-31H. The predicted octanol–water partition coefficient (Wildman–Crippen LogP) is 14.1. The highest BCUT2D eigenvalue weighted by molar-refractivity contribution is 6.23. The minimum atomic E-state index is 0.556. The van der Waals surface area contributed by atoms with Gasteiger partial charge in [-0.05, 0) is 81.2 Å². The van der Waals surface area contributed by atoms with Gasteiger partial charge in [-0.25, -0.2) is 19.8 Å². The highest BCUT2D eigenvalue weighted by Gasteiger charge is 2.19. The van der Waals surface area contributed by atoms with Gasteiger partial charge in [0.1, 0.15) is 11.2 Å². The molecule has 0 aliphatic carbocycles. The molecule has 0 aliphatic heterocycles. The molecule has 4 aromatic heterocycles. The summed E-state index contributed by atoms with van der Waals surface area (Å²) in [6.45, 7) is 7.81. The van der Waals surface area contributed by atoms with Gasteiger partial charge in [-0.15, -0.1) is 0 Å². The summed E-state index contributed by atoms with van der Waals surface area (Å²) in [4.78, 5) is 29.0. The van der Waals surface area contributed by atoms with Crippen LogP contribution in [0.5, 0.6) is 0 Å². The van der Waals surface area contributed by atoms with Crippen LogP contribution in [0.3, 0.4) is 0 Å². The predicted molar refractivity (Wildman–Crippen MR) is 246 cm³/mol. The van der Waals surface area contributed by atoms with E-state index in [-0.39, 0.29) is 0 Å². The third kappa shape index (κ3) is 5.62. The van der Waals surface area contributed by atoms with Crippen molar-refractivity contribution >= 4 is 71.0 Å². The number of nitrogens with zero attached hydrogens (tertiary/aromatic N) is 6. The maximum atomic E-state index is 7.81. The number of furan rings is 1. The second kappa shape index (κ2) is 13.8. The molecule has 61 heavy (non-hydrogen) atoms. The van der Waals surface area contributed by atoms with Crippen molar-refractivity contribution in [2.75, 3.05) is 0 Å². The summed E-state index contributed by atoms with van der Waals surface area (Å²) in [7, 11) is 0. The number of hydrogen-bond acceptors (Lipinski definition) is 6. The number of hydrogen-bond donors (Lipinski definition) is 0. The van der Waals surface area contributed by atoms with Crippen molar-refractivity contribution in [2.24, 2.45) is 0 Å². The van der Waals surface area contributed by atoms with E-state index in [0.717, 1.165) is 104 Å². The lowest BCUT2D eigenvalue weighted by Gasteiger charge is -2.16. The van der Waals surface area contributed by atoms with Crippen molar-refractivity contribution in [1.29, 1.82) is 0 Å². The summed E-state index contributed by atoms with van der Waals surface area (Å²) in [5.41, 5.74) is 10.6. The lowest BCUT2D eigenvalue weighted by molar-refractivity contribution is 0.669. The molecule has 12 rings (SSSR count). The number of pyridine rings is 2. The SMILES string of the molecule is [C-]#[N+]c1ccc(-c2cc3c4cccnc4c(-c4cccc(-c5nc(-c6ccccc6)nc(-c6ccc7c(c6)oc6ccccc67)n5)c4)cc3c3cccnc23)c2ccccc12. The van der Waals surface area contributed by atoms with Gasteiger partial charge in [-0.3, -0.25) is 9.97 Å². The largest absolute Gasteiger partial charge is 0.456 e. The van der Waals surface area contributed by atoms with E-state index in [4.69, 9.17) is 35.9 Å². The minimum Gasteiger partial charge on any atom is -0.456 e. The van der Waals surface area contributed by atoms with Crippen LogP contribution in [0.1, 0.15) is 0 Å². The Labute approximate surface area is 349 Å². The Hall–Kier alpha value is -8.60. The maximum Gasteiger partial charge on any atom is 0.194 e. The summed E-state index contributed by atoms with van der Waals surface area (Å²) in [5.74, 6) is 1.70. The summed E-state index contributed by atoms with van der Waals surface area (Å²) in [6.07, 6.45) is 3.70. The van der Waals surface area contributed by atoms with E-state index in [9.17, 15) is 0 Å². The Morgan fingerprint density at radius 1 is 0.361 bits per heavy atom. The fourth-order valence-electron chi connectivity index (χ4n) is 8.78. The smallest absolute Gasteiger partial charge is 0.194 e. The van der Waals surface area contributed by atoms with E-state index < -0.39 is 0 Å². The number of aromatic nitrogens is 5. The van der Waals surface area contributed by atoms with Gasteiger partial charge >= 0.3 is 0 Å². The zero-order valence-corrected chi connectivity index (χ0v) is 32.4. The van der Waals surface area contributed by atoms with Crippen LogP contribution in [0.25, 0.3) is 127 Å². The molecule has 0 radical (unpaired) electrons. The van der Waals surface area contributed by atoms with Gasteiger partial charge in [-0.2, -0.15) is 0 Å². The van der Waals surface area contributed by atoms with Crippen molar-refractivity contribution < 1.29 is 4.42 Å². The summed E-state index contributed by atoms with van der Waals surface area (Å²) in [6, 6.07) is 57.4.